The molecule has 28 heavy (non-hydrogen) atoms. The van der Waals surface area contributed by atoms with Gasteiger partial charge in [0.25, 0.3) is 0 Å². The number of likely N-dealkylation sites (tertiary alicyclic amines) is 1. The molecule has 3 aromatic rings. The van der Waals surface area contributed by atoms with Crippen molar-refractivity contribution in [1.82, 2.24) is 29.6 Å². The van der Waals surface area contributed by atoms with Crippen LogP contribution in [0.5, 0.6) is 5.75 Å². The van der Waals surface area contributed by atoms with Crippen LogP contribution < -0.4 is 10.1 Å². The Morgan fingerprint density at radius 2 is 2.11 bits per heavy atom. The zero-order valence-corrected chi connectivity index (χ0v) is 16.1. The Balaban J connectivity index is 1.44. The topological polar surface area (TPSA) is 83.4 Å². The lowest BCUT2D eigenvalue weighted by Crippen LogP contribution is -2.53. The summed E-state index contributed by atoms with van der Waals surface area (Å²) in [6.45, 7) is 6.46. The van der Waals surface area contributed by atoms with Gasteiger partial charge in [0.1, 0.15) is 22.9 Å². The van der Waals surface area contributed by atoms with Crippen LogP contribution >= 0.6 is 0 Å². The lowest BCUT2D eigenvalue weighted by molar-refractivity contribution is 0.0595. The van der Waals surface area contributed by atoms with Gasteiger partial charge in [0, 0.05) is 48.7 Å². The van der Waals surface area contributed by atoms with E-state index in [-0.39, 0.29) is 0 Å². The third-order valence-corrected chi connectivity index (χ3v) is 6.06. The van der Waals surface area contributed by atoms with Gasteiger partial charge in [0.2, 0.25) is 0 Å². The minimum Gasteiger partial charge on any atom is -0.494 e. The van der Waals surface area contributed by atoms with Crippen molar-refractivity contribution in [3.05, 3.63) is 35.9 Å². The van der Waals surface area contributed by atoms with Crippen LogP contribution in [0.3, 0.4) is 0 Å². The summed E-state index contributed by atoms with van der Waals surface area (Å²) < 4.78 is 9.39. The highest BCUT2D eigenvalue weighted by Crippen LogP contribution is 2.33. The maximum atomic E-state index is 9.29. The summed E-state index contributed by atoms with van der Waals surface area (Å²) in [6.07, 6.45) is 6.66. The quantitative estimate of drug-likeness (QED) is 0.744. The van der Waals surface area contributed by atoms with E-state index in [4.69, 9.17) is 4.74 Å². The van der Waals surface area contributed by atoms with Gasteiger partial charge in [0.05, 0.1) is 25.5 Å². The van der Waals surface area contributed by atoms with E-state index >= 15 is 0 Å². The Morgan fingerprint density at radius 1 is 1.25 bits per heavy atom. The van der Waals surface area contributed by atoms with Crippen molar-refractivity contribution in [3.8, 4) is 22.9 Å². The van der Waals surface area contributed by atoms with Gasteiger partial charge in [-0.3, -0.25) is 9.58 Å². The molecule has 144 valence electrons. The molecule has 0 amide bonds. The first-order valence-electron chi connectivity index (χ1n) is 9.64. The Bertz CT molecular complexity index is 1060. The summed E-state index contributed by atoms with van der Waals surface area (Å²) in [5.41, 5.74) is 4.39. The molecule has 0 spiro atoms. The highest BCUT2D eigenvalue weighted by Gasteiger charge is 2.35. The van der Waals surface area contributed by atoms with Crippen molar-refractivity contribution in [2.24, 2.45) is 0 Å². The van der Waals surface area contributed by atoms with Crippen LogP contribution in [0.4, 0.5) is 0 Å². The van der Waals surface area contributed by atoms with Gasteiger partial charge < -0.3 is 10.1 Å². The fourth-order valence-electron chi connectivity index (χ4n) is 4.44. The average molecular weight is 377 g/mol. The molecule has 5 heterocycles. The molecule has 1 atom stereocenters. The number of nitrogens with zero attached hydrogens (tertiary/aromatic N) is 6. The van der Waals surface area contributed by atoms with Crippen molar-refractivity contribution in [3.63, 3.8) is 0 Å². The summed E-state index contributed by atoms with van der Waals surface area (Å²) in [5, 5.41) is 21.7. The number of methoxy groups -OCH3 is 1. The Labute approximate surface area is 163 Å². The molecule has 3 aromatic heterocycles. The van der Waals surface area contributed by atoms with Crippen LogP contribution in [-0.4, -0.2) is 63.6 Å². The summed E-state index contributed by atoms with van der Waals surface area (Å²) in [5.74, 6) is 0.641. The van der Waals surface area contributed by atoms with Gasteiger partial charge in [-0.15, -0.1) is 0 Å². The largest absolute Gasteiger partial charge is 0.494 e. The van der Waals surface area contributed by atoms with E-state index in [1.165, 1.54) is 6.42 Å². The molecular weight excluding hydrogens is 354 g/mol. The Morgan fingerprint density at radius 3 is 2.82 bits per heavy atom. The molecule has 0 aliphatic carbocycles. The SMILES string of the molecule is COc1cc(-c2cnn(C3CN([C@H]4CCNC4)C3)c2C)cn2ncc(C#N)c12. The second-order valence-corrected chi connectivity index (χ2v) is 7.60. The minimum absolute atomic E-state index is 0.426. The molecule has 0 saturated carbocycles. The molecule has 1 N–H and O–H groups in total. The van der Waals surface area contributed by atoms with Crippen LogP contribution in [0.1, 0.15) is 23.7 Å². The lowest BCUT2D eigenvalue weighted by Gasteiger charge is -2.43. The molecule has 8 nitrogen and oxygen atoms in total. The Kier molecular flexibility index (Phi) is 4.07. The molecule has 5 rings (SSSR count). The molecule has 2 fully saturated rings. The highest BCUT2D eigenvalue weighted by molar-refractivity contribution is 5.75. The third kappa shape index (κ3) is 2.58. The van der Waals surface area contributed by atoms with E-state index in [0.717, 1.165) is 43.0 Å². The summed E-state index contributed by atoms with van der Waals surface area (Å²) >= 11 is 0. The molecule has 0 aromatic carbocycles. The van der Waals surface area contributed by atoms with E-state index in [1.807, 2.05) is 18.5 Å². The van der Waals surface area contributed by atoms with Gasteiger partial charge in [-0.1, -0.05) is 0 Å². The first-order valence-corrected chi connectivity index (χ1v) is 9.64. The maximum Gasteiger partial charge on any atom is 0.146 e. The zero-order chi connectivity index (χ0) is 19.3. The van der Waals surface area contributed by atoms with Gasteiger partial charge in [-0.25, -0.2) is 4.52 Å². The third-order valence-electron chi connectivity index (χ3n) is 6.06. The molecule has 0 radical (unpaired) electrons. The minimum atomic E-state index is 0.426. The normalized spacial score (nSPS) is 20.4. The average Bonchev–Trinajstić information content (AvgIpc) is 3.40. The number of ether oxygens (including phenoxy) is 1. The molecule has 2 saturated heterocycles. The summed E-state index contributed by atoms with van der Waals surface area (Å²) in [7, 11) is 1.62. The first-order chi connectivity index (χ1) is 13.7. The molecule has 2 aliphatic rings. The van der Waals surface area contributed by atoms with Gasteiger partial charge in [0.15, 0.2) is 0 Å². The number of aromatic nitrogens is 4. The van der Waals surface area contributed by atoms with E-state index in [2.05, 4.69) is 38.1 Å². The number of pyridine rings is 1. The monoisotopic (exact) mass is 377 g/mol. The van der Waals surface area contributed by atoms with Crippen molar-refractivity contribution in [2.45, 2.75) is 25.4 Å². The molecule has 0 unspecified atom stereocenters. The van der Waals surface area contributed by atoms with Crippen LogP contribution in [0.15, 0.2) is 24.7 Å². The van der Waals surface area contributed by atoms with E-state index in [1.54, 1.807) is 17.8 Å². The maximum absolute atomic E-state index is 9.29. The van der Waals surface area contributed by atoms with Crippen LogP contribution in [0.2, 0.25) is 0 Å². The van der Waals surface area contributed by atoms with E-state index < -0.39 is 0 Å². The number of hydrogen-bond acceptors (Lipinski definition) is 6. The Hall–Kier alpha value is -2.89. The van der Waals surface area contributed by atoms with Crippen molar-refractivity contribution < 1.29 is 4.74 Å². The predicted octanol–water partition coefficient (Wildman–Crippen LogP) is 1.61. The predicted molar refractivity (Wildman–Crippen MR) is 104 cm³/mol. The second kappa shape index (κ2) is 6.62. The smallest absolute Gasteiger partial charge is 0.146 e. The number of nitrogens with one attached hydrogen (secondary N) is 1. The fourth-order valence-corrected chi connectivity index (χ4v) is 4.44. The second-order valence-electron chi connectivity index (χ2n) is 7.60. The molecule has 0 bridgehead atoms. The van der Waals surface area contributed by atoms with Crippen molar-refractivity contribution in [2.75, 3.05) is 33.3 Å². The number of fused-ring (bicyclic) bond motifs is 1. The number of nitriles is 1. The van der Waals surface area contributed by atoms with Crippen LogP contribution in [0, 0.1) is 18.3 Å². The summed E-state index contributed by atoms with van der Waals surface area (Å²) in [6, 6.07) is 5.23. The van der Waals surface area contributed by atoms with Crippen LogP contribution in [0.25, 0.3) is 16.6 Å². The zero-order valence-electron chi connectivity index (χ0n) is 16.1. The van der Waals surface area contributed by atoms with Gasteiger partial charge >= 0.3 is 0 Å². The van der Waals surface area contributed by atoms with Gasteiger partial charge in [-0.05, 0) is 26.0 Å². The molecule has 8 heteroatoms. The van der Waals surface area contributed by atoms with Crippen molar-refractivity contribution in [1.29, 1.82) is 5.26 Å². The first kappa shape index (κ1) is 17.2. The highest BCUT2D eigenvalue weighted by atomic mass is 16.5. The molecular formula is C20H23N7O. The van der Waals surface area contributed by atoms with Crippen LogP contribution in [-0.2, 0) is 0 Å². The number of hydrogen-bond donors (Lipinski definition) is 1. The fraction of sp³-hybridized carbons (Fsp3) is 0.450. The van der Waals surface area contributed by atoms with Crippen molar-refractivity contribution >= 4 is 5.52 Å². The number of rotatable bonds is 4. The van der Waals surface area contributed by atoms with E-state index in [9.17, 15) is 5.26 Å². The molecule has 2 aliphatic heterocycles. The summed E-state index contributed by atoms with van der Waals surface area (Å²) in [4.78, 5) is 2.55. The van der Waals surface area contributed by atoms with Gasteiger partial charge in [-0.2, -0.15) is 15.5 Å². The standard InChI is InChI=1S/C20H23N7O/c1-13-18(9-24-27(13)17-11-25(12-17)16-3-4-22-8-16)14-5-19(28-2)20-15(6-21)7-23-26(20)10-14/h5,7,9-10,16-17,22H,3-4,8,11-12H2,1-2H3/t16-/m0/s1. The lowest BCUT2D eigenvalue weighted by atomic mass is 10.0. The van der Waals surface area contributed by atoms with E-state index in [0.29, 0.717) is 28.9 Å².